The van der Waals surface area contributed by atoms with Crippen molar-refractivity contribution in [2.45, 2.75) is 26.8 Å². The molecule has 0 spiro atoms. The van der Waals surface area contributed by atoms with Crippen LogP contribution in [-0.4, -0.2) is 31.4 Å². The molecule has 0 saturated heterocycles. The minimum Gasteiger partial charge on any atom is -0.468 e. The Kier molecular flexibility index (Phi) is 5.80. The van der Waals surface area contributed by atoms with E-state index in [9.17, 15) is 13.2 Å². The smallest absolute Gasteiger partial charge is 0.225 e. The fourth-order valence-corrected chi connectivity index (χ4v) is 3.03. The number of benzene rings is 1. The fraction of sp³-hybridized carbons (Fsp3) is 0.353. The van der Waals surface area contributed by atoms with Gasteiger partial charge >= 0.3 is 0 Å². The standard InChI is InChI=1S/C17H22N2O4S/c1-13-6-7-14(2)16(11-13)18-17(20)8-9-19(24(3,21)22)12-15-5-4-10-23-15/h4-7,10-11H,8-9,12H2,1-3H3,(H,18,20). The normalized spacial score (nSPS) is 11.7. The summed E-state index contributed by atoms with van der Waals surface area (Å²) in [6.45, 7) is 4.07. The minimum absolute atomic E-state index is 0.0706. The van der Waals surface area contributed by atoms with Gasteiger partial charge in [-0.1, -0.05) is 12.1 Å². The summed E-state index contributed by atoms with van der Waals surface area (Å²) >= 11 is 0. The minimum atomic E-state index is -3.43. The van der Waals surface area contributed by atoms with Crippen LogP contribution < -0.4 is 5.32 Å². The van der Waals surface area contributed by atoms with Crippen LogP contribution in [-0.2, 0) is 21.4 Å². The van der Waals surface area contributed by atoms with Crippen molar-refractivity contribution in [1.82, 2.24) is 4.31 Å². The number of hydrogen-bond acceptors (Lipinski definition) is 4. The second-order valence-electron chi connectivity index (χ2n) is 5.79. The highest BCUT2D eigenvalue weighted by Crippen LogP contribution is 2.17. The number of amides is 1. The van der Waals surface area contributed by atoms with Gasteiger partial charge in [0.25, 0.3) is 0 Å². The maximum Gasteiger partial charge on any atom is 0.225 e. The zero-order valence-corrected chi connectivity index (χ0v) is 14.9. The van der Waals surface area contributed by atoms with Crippen LogP contribution in [0.3, 0.4) is 0 Å². The van der Waals surface area contributed by atoms with E-state index in [1.807, 2.05) is 32.0 Å². The summed E-state index contributed by atoms with van der Waals surface area (Å²) in [5.41, 5.74) is 2.76. The third-order valence-corrected chi connectivity index (χ3v) is 4.89. The first kappa shape index (κ1) is 18.2. The summed E-state index contributed by atoms with van der Waals surface area (Å²) in [6.07, 6.45) is 2.68. The average molecular weight is 350 g/mol. The lowest BCUT2D eigenvalue weighted by molar-refractivity contribution is -0.116. The van der Waals surface area contributed by atoms with E-state index in [-0.39, 0.29) is 25.4 Å². The molecule has 2 rings (SSSR count). The quantitative estimate of drug-likeness (QED) is 0.832. The lowest BCUT2D eigenvalue weighted by atomic mass is 10.1. The molecule has 0 fully saturated rings. The molecular formula is C17H22N2O4S. The van der Waals surface area contributed by atoms with Crippen molar-refractivity contribution < 1.29 is 17.6 Å². The predicted molar refractivity (Wildman–Crippen MR) is 93.1 cm³/mol. The van der Waals surface area contributed by atoms with Crippen molar-refractivity contribution in [1.29, 1.82) is 0 Å². The molecule has 1 aromatic carbocycles. The molecule has 1 heterocycles. The van der Waals surface area contributed by atoms with E-state index in [0.29, 0.717) is 5.76 Å². The van der Waals surface area contributed by atoms with Crippen molar-refractivity contribution in [3.63, 3.8) is 0 Å². The van der Waals surface area contributed by atoms with Crippen molar-refractivity contribution in [3.8, 4) is 0 Å². The summed E-state index contributed by atoms with van der Waals surface area (Å²) in [4.78, 5) is 12.2. The average Bonchev–Trinajstić information content (AvgIpc) is 2.99. The maximum atomic E-state index is 12.2. The van der Waals surface area contributed by atoms with Crippen molar-refractivity contribution in [2.24, 2.45) is 0 Å². The van der Waals surface area contributed by atoms with Crippen LogP contribution in [0.2, 0.25) is 0 Å². The second-order valence-corrected chi connectivity index (χ2v) is 7.77. The molecule has 1 amide bonds. The number of nitrogens with one attached hydrogen (secondary N) is 1. The molecule has 1 aromatic heterocycles. The molecule has 24 heavy (non-hydrogen) atoms. The summed E-state index contributed by atoms with van der Waals surface area (Å²) in [5, 5.41) is 2.83. The molecule has 1 N–H and O–H groups in total. The van der Waals surface area contributed by atoms with Crippen LogP contribution in [0.1, 0.15) is 23.3 Å². The third-order valence-electron chi connectivity index (χ3n) is 3.64. The predicted octanol–water partition coefficient (Wildman–Crippen LogP) is 2.69. The van der Waals surface area contributed by atoms with Gasteiger partial charge in [-0.05, 0) is 43.2 Å². The molecule has 6 nitrogen and oxygen atoms in total. The Balaban J connectivity index is 1.98. The lowest BCUT2D eigenvalue weighted by Crippen LogP contribution is -2.32. The molecule has 0 atom stereocenters. The number of nitrogens with zero attached hydrogens (tertiary/aromatic N) is 1. The molecule has 0 aliphatic carbocycles. The zero-order valence-electron chi connectivity index (χ0n) is 14.1. The van der Waals surface area contributed by atoms with Crippen LogP contribution >= 0.6 is 0 Å². The lowest BCUT2D eigenvalue weighted by Gasteiger charge is -2.18. The number of hydrogen-bond donors (Lipinski definition) is 1. The maximum absolute atomic E-state index is 12.2. The molecular weight excluding hydrogens is 328 g/mol. The van der Waals surface area contributed by atoms with Gasteiger partial charge in [0.2, 0.25) is 15.9 Å². The van der Waals surface area contributed by atoms with Crippen LogP contribution in [0.5, 0.6) is 0 Å². The Labute approximate surface area is 142 Å². The van der Waals surface area contributed by atoms with Crippen LogP contribution in [0.25, 0.3) is 0 Å². The number of sulfonamides is 1. The SMILES string of the molecule is Cc1ccc(C)c(NC(=O)CCN(Cc2ccco2)S(C)(=O)=O)c1. The van der Waals surface area contributed by atoms with Gasteiger partial charge in [-0.25, -0.2) is 8.42 Å². The Hall–Kier alpha value is -2.12. The number of anilines is 1. The second kappa shape index (κ2) is 7.63. The first-order valence-corrected chi connectivity index (χ1v) is 9.45. The number of rotatable bonds is 7. The molecule has 7 heteroatoms. The van der Waals surface area contributed by atoms with E-state index in [4.69, 9.17) is 4.42 Å². The van der Waals surface area contributed by atoms with Gasteiger partial charge in [-0.2, -0.15) is 4.31 Å². The largest absolute Gasteiger partial charge is 0.468 e. The van der Waals surface area contributed by atoms with Gasteiger partial charge in [0.15, 0.2) is 0 Å². The Morgan fingerprint density at radius 1 is 1.25 bits per heavy atom. The van der Waals surface area contributed by atoms with Gasteiger partial charge in [-0.15, -0.1) is 0 Å². The van der Waals surface area contributed by atoms with E-state index < -0.39 is 10.0 Å². The summed E-state index contributed by atoms with van der Waals surface area (Å²) in [6, 6.07) is 9.20. The summed E-state index contributed by atoms with van der Waals surface area (Å²) < 4.78 is 30.2. The van der Waals surface area contributed by atoms with Gasteiger partial charge in [0.1, 0.15) is 5.76 Å². The van der Waals surface area contributed by atoms with Gasteiger partial charge in [0, 0.05) is 18.7 Å². The first-order valence-electron chi connectivity index (χ1n) is 7.60. The van der Waals surface area contributed by atoms with Crippen LogP contribution in [0.4, 0.5) is 5.69 Å². The highest BCUT2D eigenvalue weighted by molar-refractivity contribution is 7.88. The molecule has 0 radical (unpaired) electrons. The highest BCUT2D eigenvalue weighted by atomic mass is 32.2. The highest BCUT2D eigenvalue weighted by Gasteiger charge is 2.19. The van der Waals surface area contributed by atoms with Crippen LogP contribution in [0.15, 0.2) is 41.0 Å². The topological polar surface area (TPSA) is 79.6 Å². The number of carbonyl (C=O) groups excluding carboxylic acids is 1. The van der Waals surface area contributed by atoms with Crippen LogP contribution in [0, 0.1) is 13.8 Å². The van der Waals surface area contributed by atoms with Gasteiger partial charge in [0.05, 0.1) is 19.1 Å². The zero-order chi connectivity index (χ0) is 17.7. The fourth-order valence-electron chi connectivity index (χ4n) is 2.25. The molecule has 0 unspecified atom stereocenters. The molecule has 0 saturated carbocycles. The monoisotopic (exact) mass is 350 g/mol. The van der Waals surface area contributed by atoms with E-state index in [1.54, 1.807) is 12.1 Å². The third kappa shape index (κ3) is 5.21. The first-order chi connectivity index (χ1) is 11.3. The van der Waals surface area contributed by atoms with Crippen molar-refractivity contribution in [3.05, 3.63) is 53.5 Å². The Morgan fingerprint density at radius 3 is 2.62 bits per heavy atom. The van der Waals surface area contributed by atoms with E-state index >= 15 is 0 Å². The van der Waals surface area contributed by atoms with Gasteiger partial charge in [-0.3, -0.25) is 4.79 Å². The number of aryl methyl sites for hydroxylation is 2. The summed E-state index contributed by atoms with van der Waals surface area (Å²) in [5.74, 6) is 0.312. The number of carbonyl (C=O) groups is 1. The van der Waals surface area contributed by atoms with Crippen molar-refractivity contribution in [2.75, 3.05) is 18.1 Å². The molecule has 0 aliphatic heterocycles. The van der Waals surface area contributed by atoms with E-state index in [0.717, 1.165) is 23.1 Å². The van der Waals surface area contributed by atoms with Crippen molar-refractivity contribution >= 4 is 21.6 Å². The van der Waals surface area contributed by atoms with E-state index in [2.05, 4.69) is 5.32 Å². The number of furan rings is 1. The molecule has 0 aliphatic rings. The Bertz CT molecular complexity index is 798. The molecule has 0 bridgehead atoms. The molecule has 2 aromatic rings. The van der Waals surface area contributed by atoms with E-state index in [1.165, 1.54) is 10.6 Å². The molecule has 130 valence electrons. The summed E-state index contributed by atoms with van der Waals surface area (Å²) in [7, 11) is -3.43. The van der Waals surface area contributed by atoms with Gasteiger partial charge < -0.3 is 9.73 Å². The Morgan fingerprint density at radius 2 is 2.00 bits per heavy atom.